The van der Waals surface area contributed by atoms with Crippen molar-refractivity contribution in [2.24, 2.45) is 4.99 Å². The Morgan fingerprint density at radius 1 is 1.11 bits per heavy atom. The van der Waals surface area contributed by atoms with E-state index in [1.807, 2.05) is 13.3 Å². The maximum Gasteiger partial charge on any atom is 0.174 e. The molecule has 0 spiro atoms. The Morgan fingerprint density at radius 3 is 2.60 bits per heavy atom. The van der Waals surface area contributed by atoms with E-state index in [-0.39, 0.29) is 5.41 Å². The third-order valence-corrected chi connectivity index (χ3v) is 8.48. The number of piperidine rings is 1. The molecule has 0 amide bonds. The average Bonchev–Trinajstić information content (AvgIpc) is 3.09. The minimum Gasteiger partial charge on any atom is -0.497 e. The lowest BCUT2D eigenvalue weighted by molar-refractivity contribution is -0.0758. The van der Waals surface area contributed by atoms with Crippen LogP contribution in [0.15, 0.2) is 53.2 Å². The number of aryl methyl sites for hydroxylation is 1. The number of hydrogen-bond donors (Lipinski definition) is 1. The predicted molar refractivity (Wildman–Crippen MR) is 143 cm³/mol. The number of nitrogens with one attached hydrogen (secondary N) is 1. The molecule has 0 saturated carbocycles. The lowest BCUT2D eigenvalue weighted by Gasteiger charge is -2.48. The van der Waals surface area contributed by atoms with Crippen LogP contribution in [0.25, 0.3) is 5.70 Å². The highest BCUT2D eigenvalue weighted by molar-refractivity contribution is 5.80. The number of fused-ring (bicyclic) bond motifs is 2. The van der Waals surface area contributed by atoms with Gasteiger partial charge in [0.25, 0.3) is 0 Å². The number of methoxy groups -OCH3 is 1. The van der Waals surface area contributed by atoms with Gasteiger partial charge in [-0.1, -0.05) is 50.6 Å². The number of nitrogens with zero attached hydrogens (tertiary/aromatic N) is 2. The Morgan fingerprint density at radius 2 is 1.89 bits per heavy atom. The summed E-state index contributed by atoms with van der Waals surface area (Å²) in [5.74, 6) is 1.83. The van der Waals surface area contributed by atoms with Gasteiger partial charge in [-0.3, -0.25) is 15.2 Å². The smallest absolute Gasteiger partial charge is 0.174 e. The van der Waals surface area contributed by atoms with E-state index in [1.165, 1.54) is 36.0 Å². The normalized spacial score (nSPS) is 24.9. The molecule has 2 aliphatic heterocycles. The first kappa shape index (κ1) is 24.1. The molecule has 2 aromatic rings. The maximum atomic E-state index is 7.15. The molecule has 0 bridgehead atoms. The van der Waals surface area contributed by atoms with Gasteiger partial charge in [0, 0.05) is 36.1 Å². The van der Waals surface area contributed by atoms with E-state index in [2.05, 4.69) is 73.5 Å². The molecule has 5 rings (SSSR count). The summed E-state index contributed by atoms with van der Waals surface area (Å²) in [5, 5.41) is 3.61. The Hall–Kier alpha value is -2.63. The van der Waals surface area contributed by atoms with Gasteiger partial charge in [0.1, 0.15) is 17.2 Å². The third kappa shape index (κ3) is 4.09. The fraction of sp³-hybridized carbons (Fsp3) is 0.500. The molecule has 2 atom stereocenters. The van der Waals surface area contributed by atoms with E-state index in [0.29, 0.717) is 12.5 Å². The van der Waals surface area contributed by atoms with Gasteiger partial charge in [-0.05, 0) is 68.7 Å². The van der Waals surface area contributed by atoms with Crippen molar-refractivity contribution in [1.82, 2.24) is 10.2 Å². The minimum absolute atomic E-state index is 0.291. The zero-order chi connectivity index (χ0) is 24.6. The van der Waals surface area contributed by atoms with Gasteiger partial charge in [0.2, 0.25) is 0 Å². The van der Waals surface area contributed by atoms with Gasteiger partial charge in [0.05, 0.1) is 7.11 Å². The quantitative estimate of drug-likeness (QED) is 0.580. The lowest BCUT2D eigenvalue weighted by Crippen LogP contribution is -2.59. The summed E-state index contributed by atoms with van der Waals surface area (Å²) in [6, 6.07) is 15.4. The number of hydrogen-bond acceptors (Lipinski definition) is 5. The summed E-state index contributed by atoms with van der Waals surface area (Å²) >= 11 is 0. The lowest BCUT2D eigenvalue weighted by atomic mass is 9.71. The summed E-state index contributed by atoms with van der Waals surface area (Å²) < 4.78 is 12.8. The number of benzene rings is 2. The molecular weight excluding hydrogens is 434 g/mol. The number of likely N-dealkylation sites (N-methyl/N-ethyl adjacent to an activating group) is 1. The number of rotatable bonds is 5. The van der Waals surface area contributed by atoms with Crippen molar-refractivity contribution in [3.8, 4) is 5.75 Å². The first-order valence-corrected chi connectivity index (χ1v) is 13.0. The summed E-state index contributed by atoms with van der Waals surface area (Å²) in [4.78, 5) is 7.67. The van der Waals surface area contributed by atoms with E-state index < -0.39 is 5.72 Å². The van der Waals surface area contributed by atoms with Crippen molar-refractivity contribution in [2.75, 3.05) is 27.2 Å². The molecule has 1 aliphatic carbocycles. The average molecular weight is 474 g/mol. The molecule has 2 heterocycles. The Balaban J connectivity index is 1.61. The van der Waals surface area contributed by atoms with Crippen LogP contribution in [0, 0.1) is 6.92 Å². The fourth-order valence-electron chi connectivity index (χ4n) is 6.34. The van der Waals surface area contributed by atoms with Crippen LogP contribution in [0.1, 0.15) is 74.2 Å². The van der Waals surface area contributed by atoms with Crippen LogP contribution in [0.3, 0.4) is 0 Å². The largest absolute Gasteiger partial charge is 0.497 e. The minimum atomic E-state index is -0.623. The van der Waals surface area contributed by atoms with Crippen molar-refractivity contribution in [2.45, 2.75) is 70.1 Å². The van der Waals surface area contributed by atoms with Crippen molar-refractivity contribution in [3.05, 3.63) is 70.5 Å². The summed E-state index contributed by atoms with van der Waals surface area (Å²) in [7, 11) is 3.74. The maximum absolute atomic E-state index is 7.15. The van der Waals surface area contributed by atoms with Crippen LogP contribution in [0.2, 0.25) is 0 Å². The zero-order valence-corrected chi connectivity index (χ0v) is 21.9. The standard InChI is InChI=1S/C30H39N3O2/c1-21-11-7-8-12-25(21)29(2,3)30(31-4)15-16-32-28-24-19-22(34-5)13-14-23(24)26(20-27(28)35-30)33-17-9-6-10-18-33/h7-8,11-14,16,19,26,31H,6,9-10,15,17-18,20H2,1-5H3. The number of aliphatic imine (C=N–C) groups is 1. The number of ether oxygens (including phenoxy) is 2. The Bertz CT molecular complexity index is 1150. The van der Waals surface area contributed by atoms with E-state index in [9.17, 15) is 0 Å². The topological polar surface area (TPSA) is 46.1 Å². The van der Waals surface area contributed by atoms with Crippen LogP contribution in [0.5, 0.6) is 5.75 Å². The highest BCUT2D eigenvalue weighted by Crippen LogP contribution is 2.49. The molecule has 0 radical (unpaired) electrons. The van der Waals surface area contributed by atoms with Gasteiger partial charge < -0.3 is 9.47 Å². The van der Waals surface area contributed by atoms with Crippen LogP contribution < -0.4 is 10.1 Å². The molecule has 3 aliphatic rings. The van der Waals surface area contributed by atoms with Crippen molar-refractivity contribution in [1.29, 1.82) is 0 Å². The molecule has 1 N–H and O–H groups in total. The number of likely N-dealkylation sites (tertiary alicyclic amines) is 1. The van der Waals surface area contributed by atoms with E-state index in [4.69, 9.17) is 14.5 Å². The molecule has 5 nitrogen and oxygen atoms in total. The van der Waals surface area contributed by atoms with Crippen LogP contribution in [0.4, 0.5) is 0 Å². The van der Waals surface area contributed by atoms with Crippen LogP contribution >= 0.6 is 0 Å². The third-order valence-electron chi connectivity index (χ3n) is 8.48. The van der Waals surface area contributed by atoms with Crippen molar-refractivity contribution >= 4 is 11.9 Å². The van der Waals surface area contributed by atoms with Gasteiger partial charge in [-0.15, -0.1) is 0 Å². The second-order valence-corrected chi connectivity index (χ2v) is 10.7. The highest BCUT2D eigenvalue weighted by Gasteiger charge is 2.50. The second kappa shape index (κ2) is 9.44. The van der Waals surface area contributed by atoms with Crippen LogP contribution in [-0.4, -0.2) is 44.1 Å². The van der Waals surface area contributed by atoms with Gasteiger partial charge in [-0.2, -0.15) is 0 Å². The van der Waals surface area contributed by atoms with Crippen LogP contribution in [-0.2, 0) is 10.2 Å². The molecule has 1 saturated heterocycles. The van der Waals surface area contributed by atoms with E-state index in [0.717, 1.165) is 42.3 Å². The SMILES string of the molecule is CNC1(C(C)(C)c2ccccc2C)CC=NC2=C(CC(N3CCCCC3)c3ccc(OC)cc32)O1. The zero-order valence-electron chi connectivity index (χ0n) is 21.9. The van der Waals surface area contributed by atoms with Crippen molar-refractivity contribution < 1.29 is 9.47 Å². The molecule has 0 aromatic heterocycles. The van der Waals surface area contributed by atoms with Crippen molar-refractivity contribution in [3.63, 3.8) is 0 Å². The fourth-order valence-corrected chi connectivity index (χ4v) is 6.34. The molecule has 1 fully saturated rings. The highest BCUT2D eigenvalue weighted by atomic mass is 16.5. The first-order valence-electron chi connectivity index (χ1n) is 13.0. The molecule has 186 valence electrons. The summed E-state index contributed by atoms with van der Waals surface area (Å²) in [6.45, 7) is 9.02. The first-order chi connectivity index (χ1) is 16.9. The predicted octanol–water partition coefficient (Wildman–Crippen LogP) is 5.99. The van der Waals surface area contributed by atoms with Gasteiger partial charge >= 0.3 is 0 Å². The monoisotopic (exact) mass is 473 g/mol. The molecule has 2 aromatic carbocycles. The van der Waals surface area contributed by atoms with Gasteiger partial charge in [0.15, 0.2) is 5.72 Å². The summed E-state index contributed by atoms with van der Waals surface area (Å²) in [6.07, 6.45) is 7.39. The molecular formula is C30H39N3O2. The molecule has 2 unspecified atom stereocenters. The second-order valence-electron chi connectivity index (χ2n) is 10.7. The van der Waals surface area contributed by atoms with E-state index in [1.54, 1.807) is 7.11 Å². The van der Waals surface area contributed by atoms with Gasteiger partial charge in [-0.25, -0.2) is 0 Å². The molecule has 5 heteroatoms. The molecule has 35 heavy (non-hydrogen) atoms. The Labute approximate surface area is 210 Å². The van der Waals surface area contributed by atoms with E-state index >= 15 is 0 Å². The Kier molecular flexibility index (Phi) is 6.49. The summed E-state index contributed by atoms with van der Waals surface area (Å²) in [5.41, 5.74) is 5.07.